The molecule has 1 nitrogen and oxygen atoms in total. The summed E-state index contributed by atoms with van der Waals surface area (Å²) < 4.78 is 6.96. The van der Waals surface area contributed by atoms with Crippen molar-refractivity contribution in [2.75, 3.05) is 7.11 Å². The number of halogens is 1. The van der Waals surface area contributed by atoms with Crippen molar-refractivity contribution in [1.29, 1.82) is 0 Å². The quantitative estimate of drug-likeness (QED) is 0.484. The lowest BCUT2D eigenvalue weighted by Crippen LogP contribution is -2.30. The number of benzene rings is 1. The van der Waals surface area contributed by atoms with E-state index in [2.05, 4.69) is 53.7 Å². The van der Waals surface area contributed by atoms with E-state index < -0.39 is 0 Å². The highest BCUT2D eigenvalue weighted by Gasteiger charge is 2.37. The van der Waals surface area contributed by atoms with Crippen LogP contribution in [-0.4, -0.2) is 7.11 Å². The fraction of sp³-hybridized carbons (Fsp3) is 0.474. The molecule has 2 fully saturated rings. The van der Waals surface area contributed by atoms with Gasteiger partial charge in [0, 0.05) is 10.0 Å². The molecule has 21 heavy (non-hydrogen) atoms. The summed E-state index contributed by atoms with van der Waals surface area (Å²) >= 11 is 3.57. The van der Waals surface area contributed by atoms with Crippen LogP contribution in [0.2, 0.25) is 0 Å². The van der Waals surface area contributed by atoms with Crippen LogP contribution in [0.1, 0.15) is 38.2 Å². The highest BCUT2D eigenvalue weighted by Crippen LogP contribution is 2.49. The second-order valence-corrected chi connectivity index (χ2v) is 7.51. The van der Waals surface area contributed by atoms with Crippen molar-refractivity contribution in [3.8, 4) is 0 Å². The van der Waals surface area contributed by atoms with E-state index in [1.807, 2.05) is 0 Å². The topological polar surface area (TPSA) is 9.23 Å². The molecule has 3 unspecified atom stereocenters. The first-order chi connectivity index (χ1) is 10.1. The molecule has 1 aromatic rings. The van der Waals surface area contributed by atoms with Crippen LogP contribution in [-0.2, 0) is 4.74 Å². The third-order valence-corrected chi connectivity index (χ3v) is 5.43. The lowest BCUT2D eigenvalue weighted by Gasteiger charge is -2.42. The number of hydrogen-bond acceptors (Lipinski definition) is 1. The van der Waals surface area contributed by atoms with Crippen molar-refractivity contribution in [2.45, 2.75) is 32.6 Å². The summed E-state index contributed by atoms with van der Waals surface area (Å²) in [6.45, 7) is 6.62. The van der Waals surface area contributed by atoms with Crippen LogP contribution in [0.4, 0.5) is 0 Å². The SMILES string of the molecule is C=C1CC2CC(C)/C(=C(\OC)c3cccc(Br)c3)C(C1)C2. The van der Waals surface area contributed by atoms with Gasteiger partial charge >= 0.3 is 0 Å². The van der Waals surface area contributed by atoms with Gasteiger partial charge in [-0.1, -0.05) is 47.1 Å². The van der Waals surface area contributed by atoms with Gasteiger partial charge in [0.1, 0.15) is 5.76 Å². The maximum Gasteiger partial charge on any atom is 0.125 e. The molecule has 0 heterocycles. The molecule has 0 spiro atoms. The minimum absolute atomic E-state index is 0.607. The first-order valence-electron chi connectivity index (χ1n) is 7.79. The fourth-order valence-corrected chi connectivity index (χ4v) is 4.70. The predicted octanol–water partition coefficient (Wildman–Crippen LogP) is 5.82. The molecule has 2 saturated carbocycles. The maximum absolute atomic E-state index is 5.86. The van der Waals surface area contributed by atoms with Crippen LogP contribution >= 0.6 is 15.9 Å². The number of ether oxygens (including phenoxy) is 1. The van der Waals surface area contributed by atoms with Gasteiger partial charge in [-0.15, -0.1) is 0 Å². The molecule has 0 saturated heterocycles. The Kier molecular flexibility index (Phi) is 4.26. The normalized spacial score (nSPS) is 31.0. The molecule has 2 bridgehead atoms. The molecule has 1 aromatic carbocycles. The van der Waals surface area contributed by atoms with Crippen LogP contribution in [0, 0.1) is 17.8 Å². The number of hydrogen-bond donors (Lipinski definition) is 0. The Balaban J connectivity index is 2.05. The Morgan fingerprint density at radius 1 is 1.29 bits per heavy atom. The lowest BCUT2D eigenvalue weighted by atomic mass is 9.64. The minimum Gasteiger partial charge on any atom is -0.496 e. The third kappa shape index (κ3) is 2.96. The van der Waals surface area contributed by atoms with E-state index in [1.54, 1.807) is 7.11 Å². The number of allylic oxidation sites excluding steroid dienone is 2. The molecule has 112 valence electrons. The summed E-state index contributed by atoms with van der Waals surface area (Å²) in [4.78, 5) is 0. The molecule has 0 N–H and O–H groups in total. The van der Waals surface area contributed by atoms with Crippen LogP contribution in [0.5, 0.6) is 0 Å². The Labute approximate surface area is 136 Å². The van der Waals surface area contributed by atoms with Gasteiger partial charge in [0.25, 0.3) is 0 Å². The first-order valence-corrected chi connectivity index (χ1v) is 8.58. The molecule has 0 amide bonds. The fourth-order valence-electron chi connectivity index (χ4n) is 4.30. The zero-order chi connectivity index (χ0) is 15.0. The summed E-state index contributed by atoms with van der Waals surface area (Å²) in [5, 5.41) is 0. The van der Waals surface area contributed by atoms with Gasteiger partial charge in [-0.3, -0.25) is 0 Å². The average molecular weight is 347 g/mol. The van der Waals surface area contributed by atoms with Crippen LogP contribution in [0.25, 0.3) is 5.76 Å². The molecule has 0 aromatic heterocycles. The van der Waals surface area contributed by atoms with Gasteiger partial charge in [0.05, 0.1) is 7.11 Å². The van der Waals surface area contributed by atoms with Gasteiger partial charge in [0.15, 0.2) is 0 Å². The highest BCUT2D eigenvalue weighted by atomic mass is 79.9. The predicted molar refractivity (Wildman–Crippen MR) is 91.8 cm³/mol. The summed E-state index contributed by atoms with van der Waals surface area (Å²) in [5.74, 6) is 3.14. The van der Waals surface area contributed by atoms with Gasteiger partial charge in [0.2, 0.25) is 0 Å². The highest BCUT2D eigenvalue weighted by molar-refractivity contribution is 9.10. The molecule has 2 aliphatic rings. The number of fused-ring (bicyclic) bond motifs is 2. The largest absolute Gasteiger partial charge is 0.496 e. The molecule has 2 aliphatic carbocycles. The van der Waals surface area contributed by atoms with E-state index in [9.17, 15) is 0 Å². The van der Waals surface area contributed by atoms with E-state index in [1.165, 1.54) is 36.0 Å². The molecule has 3 atom stereocenters. The lowest BCUT2D eigenvalue weighted by molar-refractivity contribution is 0.234. The van der Waals surface area contributed by atoms with Crippen molar-refractivity contribution < 1.29 is 4.74 Å². The monoisotopic (exact) mass is 346 g/mol. The van der Waals surface area contributed by atoms with Crippen LogP contribution in [0.3, 0.4) is 0 Å². The summed E-state index contributed by atoms with van der Waals surface area (Å²) in [6, 6.07) is 8.44. The second-order valence-electron chi connectivity index (χ2n) is 6.59. The van der Waals surface area contributed by atoms with Crippen molar-refractivity contribution in [3.63, 3.8) is 0 Å². The summed E-state index contributed by atoms with van der Waals surface area (Å²) in [6.07, 6.45) is 4.94. The first kappa shape index (κ1) is 14.9. The third-order valence-electron chi connectivity index (χ3n) is 4.94. The minimum atomic E-state index is 0.607. The summed E-state index contributed by atoms with van der Waals surface area (Å²) in [5.41, 5.74) is 4.11. The van der Waals surface area contributed by atoms with E-state index in [0.717, 1.165) is 22.6 Å². The van der Waals surface area contributed by atoms with Crippen LogP contribution in [0.15, 0.2) is 46.5 Å². The molecule has 2 heteroatoms. The van der Waals surface area contributed by atoms with Gasteiger partial charge < -0.3 is 4.74 Å². The molecule has 3 rings (SSSR count). The van der Waals surface area contributed by atoms with Gasteiger partial charge in [-0.05, 0) is 61.1 Å². The average Bonchev–Trinajstić information content (AvgIpc) is 2.42. The zero-order valence-electron chi connectivity index (χ0n) is 12.9. The van der Waals surface area contributed by atoms with Crippen molar-refractivity contribution in [3.05, 3.63) is 52.0 Å². The number of rotatable bonds is 2. The van der Waals surface area contributed by atoms with Crippen molar-refractivity contribution >= 4 is 21.7 Å². The molecule has 0 aliphatic heterocycles. The van der Waals surface area contributed by atoms with E-state index >= 15 is 0 Å². The van der Waals surface area contributed by atoms with Crippen molar-refractivity contribution in [1.82, 2.24) is 0 Å². The molecule has 0 radical (unpaired) electrons. The van der Waals surface area contributed by atoms with Crippen molar-refractivity contribution in [2.24, 2.45) is 17.8 Å². The molecular formula is C19H23BrO. The Hall–Kier alpha value is -1.02. The second kappa shape index (κ2) is 6.00. The Morgan fingerprint density at radius 2 is 2.10 bits per heavy atom. The van der Waals surface area contributed by atoms with Gasteiger partial charge in [-0.2, -0.15) is 0 Å². The number of methoxy groups -OCH3 is 1. The standard InChI is InChI=1S/C19H23BrO/c1-12-7-14-9-13(2)18(16(8-12)10-14)19(21-3)15-5-4-6-17(20)11-15/h4-6,11,13-14,16H,1,7-10H2,2-3H3/b19-18+. The smallest absolute Gasteiger partial charge is 0.125 e. The molecular weight excluding hydrogens is 324 g/mol. The van der Waals surface area contributed by atoms with E-state index in [-0.39, 0.29) is 0 Å². The summed E-state index contributed by atoms with van der Waals surface area (Å²) in [7, 11) is 1.81. The van der Waals surface area contributed by atoms with Gasteiger partial charge in [-0.25, -0.2) is 0 Å². The Morgan fingerprint density at radius 3 is 2.81 bits per heavy atom. The van der Waals surface area contributed by atoms with Crippen LogP contribution < -0.4 is 0 Å². The zero-order valence-corrected chi connectivity index (χ0v) is 14.4. The Bertz CT molecular complexity index is 585. The van der Waals surface area contributed by atoms with E-state index in [0.29, 0.717) is 11.8 Å². The maximum atomic E-state index is 5.86. The van der Waals surface area contributed by atoms with E-state index in [4.69, 9.17) is 4.74 Å².